The lowest BCUT2D eigenvalue weighted by Crippen LogP contribution is -2.43. The third kappa shape index (κ3) is 8.33. The molecule has 1 amide bonds. The highest BCUT2D eigenvalue weighted by molar-refractivity contribution is 7.90. The fourth-order valence-corrected chi connectivity index (χ4v) is 6.49. The van der Waals surface area contributed by atoms with Gasteiger partial charge < -0.3 is 18.9 Å². The van der Waals surface area contributed by atoms with E-state index in [-0.39, 0.29) is 34.7 Å². The molecule has 1 aromatic carbocycles. The Morgan fingerprint density at radius 3 is 2.59 bits per heavy atom. The topological polar surface area (TPSA) is 94.0 Å². The van der Waals surface area contributed by atoms with Crippen molar-refractivity contribution in [2.45, 2.75) is 70.1 Å². The molecule has 1 aromatic heterocycles. The van der Waals surface area contributed by atoms with Crippen LogP contribution in [0.5, 0.6) is 0 Å². The highest BCUT2D eigenvalue weighted by atomic mass is 32.2. The molecule has 0 bridgehead atoms. The molecular weight excluding hydrogens is 523 g/mol. The van der Waals surface area contributed by atoms with Crippen LogP contribution in [0.4, 0.5) is 4.39 Å². The highest BCUT2D eigenvalue weighted by Crippen LogP contribution is 2.25. The summed E-state index contributed by atoms with van der Waals surface area (Å²) in [5.41, 5.74) is 0.528. The Hall–Kier alpha value is -2.34. The predicted octanol–water partition coefficient (Wildman–Crippen LogP) is 3.27. The number of halogens is 1. The van der Waals surface area contributed by atoms with Crippen LogP contribution in [0, 0.1) is 11.2 Å². The van der Waals surface area contributed by atoms with Gasteiger partial charge in [0.15, 0.2) is 0 Å². The van der Waals surface area contributed by atoms with Gasteiger partial charge >= 0.3 is 0 Å². The van der Waals surface area contributed by atoms with Crippen molar-refractivity contribution in [2.24, 2.45) is 5.41 Å². The van der Waals surface area contributed by atoms with Gasteiger partial charge in [0, 0.05) is 44.8 Å². The number of benzene rings is 1. The number of carbonyl (C=O) groups is 1. The van der Waals surface area contributed by atoms with Gasteiger partial charge in [-0.05, 0) is 24.3 Å². The van der Waals surface area contributed by atoms with Crippen LogP contribution in [0.1, 0.15) is 51.3 Å². The number of morpholine rings is 1. The fourth-order valence-electron chi connectivity index (χ4n) is 4.98. The molecule has 0 saturated carbocycles. The van der Waals surface area contributed by atoms with E-state index in [9.17, 15) is 17.6 Å². The van der Waals surface area contributed by atoms with Crippen molar-refractivity contribution in [1.29, 1.82) is 0 Å². The van der Waals surface area contributed by atoms with Gasteiger partial charge in [-0.2, -0.15) is 0 Å². The molecule has 2 aromatic rings. The van der Waals surface area contributed by atoms with Gasteiger partial charge in [-0.1, -0.05) is 39.0 Å². The Morgan fingerprint density at radius 2 is 1.92 bits per heavy atom. The zero-order valence-electron chi connectivity index (χ0n) is 23.3. The van der Waals surface area contributed by atoms with E-state index in [4.69, 9.17) is 9.47 Å². The van der Waals surface area contributed by atoms with Gasteiger partial charge in [0.25, 0.3) is 0 Å². The molecule has 2 aliphatic heterocycles. The van der Waals surface area contributed by atoms with Crippen molar-refractivity contribution >= 4 is 15.7 Å². The number of imidazole rings is 1. The quantitative estimate of drug-likeness (QED) is 0.414. The van der Waals surface area contributed by atoms with Gasteiger partial charge in [-0.3, -0.25) is 9.69 Å². The smallest absolute Gasteiger partial charge is 0.228 e. The molecule has 2 aliphatic rings. The maximum Gasteiger partial charge on any atom is 0.228 e. The van der Waals surface area contributed by atoms with Gasteiger partial charge in [0.1, 0.15) is 5.82 Å². The Kier molecular flexibility index (Phi) is 9.79. The second-order valence-corrected chi connectivity index (χ2v) is 13.5. The standard InChI is InChI=1S/C28H41FN4O5S/c1-28(2,3)17-26(34)32(11-10-31-12-15-37-16-13-31)19-23-18-30-27(33(23)20-24-8-6-14-38-24)39(35,36)21-22-7-4-5-9-25(22)29/h4-5,7,9,18,24H,6,8,10-17,19-21H2,1-3H3/t24-/m0/s1. The zero-order valence-corrected chi connectivity index (χ0v) is 24.1. The number of sulfone groups is 1. The van der Waals surface area contributed by atoms with Crippen molar-refractivity contribution < 1.29 is 27.1 Å². The Bertz CT molecular complexity index is 1210. The van der Waals surface area contributed by atoms with E-state index in [1.165, 1.54) is 24.4 Å². The normalized spacial score (nSPS) is 18.9. The van der Waals surface area contributed by atoms with Crippen LogP contribution in [0.25, 0.3) is 0 Å². The minimum atomic E-state index is -3.97. The molecule has 11 heteroatoms. The van der Waals surface area contributed by atoms with Crippen LogP contribution >= 0.6 is 0 Å². The minimum Gasteiger partial charge on any atom is -0.379 e. The number of carbonyl (C=O) groups excluding carboxylic acids is 1. The summed E-state index contributed by atoms with van der Waals surface area (Å²) >= 11 is 0. The summed E-state index contributed by atoms with van der Waals surface area (Å²) in [6, 6.07) is 5.87. The maximum absolute atomic E-state index is 14.3. The second kappa shape index (κ2) is 12.9. The molecular formula is C28H41FN4O5S. The lowest BCUT2D eigenvalue weighted by molar-refractivity contribution is -0.134. The van der Waals surface area contributed by atoms with E-state index in [0.717, 1.165) is 25.9 Å². The zero-order chi connectivity index (χ0) is 28.0. The van der Waals surface area contributed by atoms with E-state index in [1.54, 1.807) is 15.5 Å². The molecule has 2 saturated heterocycles. The minimum absolute atomic E-state index is 0.0105. The Morgan fingerprint density at radius 1 is 1.18 bits per heavy atom. The van der Waals surface area contributed by atoms with E-state index in [0.29, 0.717) is 51.6 Å². The number of nitrogens with zero attached hydrogens (tertiary/aromatic N) is 4. The van der Waals surface area contributed by atoms with Crippen molar-refractivity contribution in [3.63, 3.8) is 0 Å². The third-order valence-corrected chi connectivity index (χ3v) is 8.64. The molecule has 39 heavy (non-hydrogen) atoms. The van der Waals surface area contributed by atoms with Crippen LogP contribution in [0.2, 0.25) is 0 Å². The average molecular weight is 565 g/mol. The summed E-state index contributed by atoms with van der Waals surface area (Å²) in [5.74, 6) is -1.05. The first kappa shape index (κ1) is 29.6. The van der Waals surface area contributed by atoms with Gasteiger partial charge in [-0.15, -0.1) is 0 Å². The summed E-state index contributed by atoms with van der Waals surface area (Å²) in [6.07, 6.45) is 3.48. The molecule has 0 spiro atoms. The van der Waals surface area contributed by atoms with Crippen LogP contribution in [0.3, 0.4) is 0 Å². The molecule has 0 N–H and O–H groups in total. The van der Waals surface area contributed by atoms with Gasteiger partial charge in [0.2, 0.25) is 20.9 Å². The molecule has 0 aliphatic carbocycles. The summed E-state index contributed by atoms with van der Waals surface area (Å²) in [6.45, 7) is 11.4. The number of ether oxygens (including phenoxy) is 2. The van der Waals surface area contributed by atoms with E-state index >= 15 is 0 Å². The van der Waals surface area contributed by atoms with Crippen molar-refractivity contribution in [3.8, 4) is 0 Å². The third-order valence-electron chi connectivity index (χ3n) is 7.07. The summed E-state index contributed by atoms with van der Waals surface area (Å²) in [7, 11) is -3.97. The summed E-state index contributed by atoms with van der Waals surface area (Å²) in [5, 5.41) is -0.118. The van der Waals surface area contributed by atoms with Crippen LogP contribution in [-0.4, -0.2) is 85.8 Å². The monoisotopic (exact) mass is 564 g/mol. The van der Waals surface area contributed by atoms with E-state index < -0.39 is 21.4 Å². The fraction of sp³-hybridized carbons (Fsp3) is 0.643. The molecule has 9 nitrogen and oxygen atoms in total. The second-order valence-electron chi connectivity index (χ2n) is 11.6. The van der Waals surface area contributed by atoms with E-state index in [1.807, 2.05) is 20.8 Å². The van der Waals surface area contributed by atoms with Crippen LogP contribution < -0.4 is 0 Å². The van der Waals surface area contributed by atoms with Crippen molar-refractivity contribution in [1.82, 2.24) is 19.4 Å². The van der Waals surface area contributed by atoms with Gasteiger partial charge in [0.05, 0.1) is 50.1 Å². The first-order valence-electron chi connectivity index (χ1n) is 13.7. The lowest BCUT2D eigenvalue weighted by Gasteiger charge is -2.31. The number of hydrogen-bond acceptors (Lipinski definition) is 7. The molecule has 216 valence electrons. The van der Waals surface area contributed by atoms with Crippen molar-refractivity contribution in [3.05, 3.63) is 47.5 Å². The Balaban J connectivity index is 1.61. The molecule has 0 radical (unpaired) electrons. The first-order valence-corrected chi connectivity index (χ1v) is 15.4. The summed E-state index contributed by atoms with van der Waals surface area (Å²) < 4.78 is 54.3. The first-order chi connectivity index (χ1) is 18.5. The number of amides is 1. The van der Waals surface area contributed by atoms with E-state index in [2.05, 4.69) is 9.88 Å². The average Bonchev–Trinajstić information content (AvgIpc) is 3.53. The molecule has 1 atom stereocenters. The number of rotatable bonds is 11. The molecule has 3 heterocycles. The molecule has 0 unspecified atom stereocenters. The number of aromatic nitrogens is 2. The largest absolute Gasteiger partial charge is 0.379 e. The summed E-state index contributed by atoms with van der Waals surface area (Å²) in [4.78, 5) is 21.8. The Labute approximate surface area is 231 Å². The van der Waals surface area contributed by atoms with Crippen LogP contribution in [-0.2, 0) is 42.9 Å². The predicted molar refractivity (Wildman–Crippen MR) is 145 cm³/mol. The SMILES string of the molecule is CC(C)(C)CC(=O)N(CCN1CCOCC1)Cc1cnc(S(=O)(=O)Cc2ccccc2F)n1C[C@@H]1CCCO1. The number of hydrogen-bond donors (Lipinski definition) is 0. The van der Waals surface area contributed by atoms with Crippen molar-refractivity contribution in [2.75, 3.05) is 46.0 Å². The van der Waals surface area contributed by atoms with Crippen LogP contribution in [0.15, 0.2) is 35.6 Å². The lowest BCUT2D eigenvalue weighted by atomic mass is 9.91. The molecule has 4 rings (SSSR count). The highest BCUT2D eigenvalue weighted by Gasteiger charge is 2.30. The maximum atomic E-state index is 14.3. The molecule has 2 fully saturated rings. The van der Waals surface area contributed by atoms with Gasteiger partial charge in [-0.25, -0.2) is 17.8 Å².